The first-order chi connectivity index (χ1) is 10.7. The van der Waals surface area contributed by atoms with E-state index >= 15 is 0 Å². The van der Waals surface area contributed by atoms with Gasteiger partial charge < -0.3 is 0 Å². The molecule has 2 aromatic rings. The second kappa shape index (κ2) is 6.59. The van der Waals surface area contributed by atoms with Gasteiger partial charge in [0.05, 0.1) is 11.1 Å². The van der Waals surface area contributed by atoms with Crippen LogP contribution in [-0.2, 0) is 4.79 Å². The van der Waals surface area contributed by atoms with Gasteiger partial charge >= 0.3 is 0 Å². The van der Waals surface area contributed by atoms with E-state index < -0.39 is 0 Å². The number of hydrogen-bond acceptors (Lipinski definition) is 6. The number of pyridine rings is 2. The Bertz CT molecular complexity index is 760. The van der Waals surface area contributed by atoms with Crippen molar-refractivity contribution in [3.8, 4) is 0 Å². The summed E-state index contributed by atoms with van der Waals surface area (Å²) in [6.07, 6.45) is 10.0. The summed E-state index contributed by atoms with van der Waals surface area (Å²) in [5.41, 5.74) is 1.65. The zero-order valence-electron chi connectivity index (χ0n) is 11.3. The van der Waals surface area contributed by atoms with Crippen molar-refractivity contribution in [1.82, 2.24) is 15.0 Å². The molecule has 108 valence electrons. The Hall–Kier alpha value is -2.38. The van der Waals surface area contributed by atoms with Gasteiger partial charge in [-0.2, -0.15) is 10.1 Å². The fraction of sp³-hybridized carbons (Fsp3) is 0. The number of carbonyl (C=O) groups is 1. The zero-order valence-corrected chi connectivity index (χ0v) is 12.9. The van der Waals surface area contributed by atoms with Gasteiger partial charge in [0.15, 0.2) is 4.32 Å². The van der Waals surface area contributed by atoms with E-state index in [1.54, 1.807) is 43.1 Å². The average Bonchev–Trinajstić information content (AvgIpc) is 2.81. The Balaban J connectivity index is 1.80. The summed E-state index contributed by atoms with van der Waals surface area (Å²) in [4.78, 5) is 20.9. The summed E-state index contributed by atoms with van der Waals surface area (Å²) in [5.74, 6) is -0.237. The highest BCUT2D eigenvalue weighted by Crippen LogP contribution is 2.32. The van der Waals surface area contributed by atoms with Gasteiger partial charge in [0.2, 0.25) is 0 Å². The molecule has 0 radical (unpaired) electrons. The van der Waals surface area contributed by atoms with E-state index in [1.165, 1.54) is 16.8 Å². The topological polar surface area (TPSA) is 58.5 Å². The molecule has 0 saturated carbocycles. The Kier molecular flexibility index (Phi) is 4.36. The number of aromatic nitrogens is 2. The molecule has 3 rings (SSSR count). The van der Waals surface area contributed by atoms with Crippen molar-refractivity contribution < 1.29 is 4.79 Å². The molecule has 0 bridgehead atoms. The lowest BCUT2D eigenvalue weighted by Gasteiger charge is -2.05. The molecule has 0 atom stereocenters. The van der Waals surface area contributed by atoms with Gasteiger partial charge in [-0.3, -0.25) is 14.8 Å². The molecular formula is C15H10N4OS2. The number of carbonyl (C=O) groups excluding carboxylic acids is 1. The maximum atomic E-state index is 12.3. The molecular weight excluding hydrogens is 316 g/mol. The minimum Gasteiger partial charge on any atom is -0.266 e. The van der Waals surface area contributed by atoms with E-state index in [0.29, 0.717) is 9.23 Å². The van der Waals surface area contributed by atoms with E-state index in [2.05, 4.69) is 15.1 Å². The molecule has 3 heterocycles. The number of hydrogen-bond donors (Lipinski definition) is 0. The summed E-state index contributed by atoms with van der Waals surface area (Å²) in [6, 6.07) is 7.33. The van der Waals surface area contributed by atoms with Crippen LogP contribution in [0.4, 0.5) is 0 Å². The predicted molar refractivity (Wildman–Crippen MR) is 91.1 cm³/mol. The van der Waals surface area contributed by atoms with Crippen LogP contribution in [0.5, 0.6) is 0 Å². The van der Waals surface area contributed by atoms with Crippen molar-refractivity contribution in [3.63, 3.8) is 0 Å². The normalized spacial score (nSPS) is 16.9. The van der Waals surface area contributed by atoms with Crippen molar-refractivity contribution in [1.29, 1.82) is 0 Å². The number of rotatable bonds is 3. The summed E-state index contributed by atoms with van der Waals surface area (Å²) >= 11 is 6.43. The number of nitrogens with zero attached hydrogens (tertiary/aromatic N) is 4. The van der Waals surface area contributed by atoms with Crippen molar-refractivity contribution in [2.24, 2.45) is 5.10 Å². The van der Waals surface area contributed by atoms with Gasteiger partial charge in [0.1, 0.15) is 0 Å². The quantitative estimate of drug-likeness (QED) is 0.493. The van der Waals surface area contributed by atoms with Crippen molar-refractivity contribution in [3.05, 3.63) is 65.1 Å². The van der Waals surface area contributed by atoms with Crippen LogP contribution >= 0.6 is 24.0 Å². The highest BCUT2D eigenvalue weighted by molar-refractivity contribution is 8.26. The Labute approximate surface area is 136 Å². The standard InChI is InChI=1S/C15H10N4OS2/c20-14-13(7-11-3-1-5-16-8-11)22-15(21)19(14)18-10-12-4-2-6-17-9-12/h1-10H. The molecule has 0 aliphatic carbocycles. The summed E-state index contributed by atoms with van der Waals surface area (Å²) in [7, 11) is 0. The third-order valence-electron chi connectivity index (χ3n) is 2.76. The number of hydrazone groups is 1. The van der Waals surface area contributed by atoms with Gasteiger partial charge in [0, 0.05) is 30.4 Å². The Morgan fingerprint density at radius 2 is 1.82 bits per heavy atom. The summed E-state index contributed by atoms with van der Waals surface area (Å²) in [5, 5.41) is 5.37. The highest BCUT2D eigenvalue weighted by Gasteiger charge is 2.31. The predicted octanol–water partition coefficient (Wildman–Crippen LogP) is 2.71. The molecule has 0 spiro atoms. The minimum atomic E-state index is -0.237. The second-order valence-electron chi connectivity index (χ2n) is 4.31. The summed E-state index contributed by atoms with van der Waals surface area (Å²) < 4.78 is 0.403. The molecule has 7 heteroatoms. The van der Waals surface area contributed by atoms with E-state index in [1.807, 2.05) is 18.2 Å². The molecule has 5 nitrogen and oxygen atoms in total. The largest absolute Gasteiger partial charge is 0.286 e. The van der Waals surface area contributed by atoms with Crippen LogP contribution in [0.15, 0.2) is 59.1 Å². The van der Waals surface area contributed by atoms with Crippen LogP contribution < -0.4 is 0 Å². The number of thioether (sulfide) groups is 1. The molecule has 0 N–H and O–H groups in total. The van der Waals surface area contributed by atoms with Crippen LogP contribution in [0.1, 0.15) is 11.1 Å². The third kappa shape index (κ3) is 3.26. The lowest BCUT2D eigenvalue weighted by molar-refractivity contribution is -0.122. The van der Waals surface area contributed by atoms with E-state index in [4.69, 9.17) is 12.2 Å². The minimum absolute atomic E-state index is 0.237. The van der Waals surface area contributed by atoms with Crippen LogP contribution in [0.3, 0.4) is 0 Å². The molecule has 1 aliphatic heterocycles. The SMILES string of the molecule is O=C1C(=Cc2cccnc2)SC(=S)N1N=Cc1cccnc1. The first-order valence-electron chi connectivity index (χ1n) is 6.36. The van der Waals surface area contributed by atoms with Gasteiger partial charge in [-0.15, -0.1) is 0 Å². The number of thiocarbonyl (C=S) groups is 1. The van der Waals surface area contributed by atoms with Gasteiger partial charge in [-0.1, -0.05) is 23.9 Å². The lowest BCUT2D eigenvalue weighted by Crippen LogP contribution is -2.22. The zero-order chi connectivity index (χ0) is 15.4. The van der Waals surface area contributed by atoms with Crippen LogP contribution in [0, 0.1) is 0 Å². The maximum absolute atomic E-state index is 12.3. The van der Waals surface area contributed by atoms with Gasteiger partial charge in [0.25, 0.3) is 5.91 Å². The monoisotopic (exact) mass is 326 g/mol. The van der Waals surface area contributed by atoms with Crippen LogP contribution in [-0.4, -0.2) is 31.4 Å². The van der Waals surface area contributed by atoms with Crippen LogP contribution in [0.2, 0.25) is 0 Å². The first kappa shape index (κ1) is 14.6. The van der Waals surface area contributed by atoms with Gasteiger partial charge in [-0.25, -0.2) is 0 Å². The fourth-order valence-electron chi connectivity index (χ4n) is 1.75. The molecule has 1 amide bonds. The van der Waals surface area contributed by atoms with Gasteiger partial charge in [-0.05, 0) is 36.0 Å². The van der Waals surface area contributed by atoms with E-state index in [-0.39, 0.29) is 5.91 Å². The Morgan fingerprint density at radius 1 is 1.14 bits per heavy atom. The highest BCUT2D eigenvalue weighted by atomic mass is 32.2. The summed E-state index contributed by atoms with van der Waals surface area (Å²) in [6.45, 7) is 0. The molecule has 0 aromatic carbocycles. The smallest absolute Gasteiger partial charge is 0.266 e. The lowest BCUT2D eigenvalue weighted by atomic mass is 10.2. The first-order valence-corrected chi connectivity index (χ1v) is 7.58. The second-order valence-corrected chi connectivity index (χ2v) is 5.99. The molecule has 22 heavy (non-hydrogen) atoms. The number of amides is 1. The van der Waals surface area contributed by atoms with E-state index in [9.17, 15) is 4.79 Å². The molecule has 0 unspecified atom stereocenters. The molecule has 2 aromatic heterocycles. The fourth-order valence-corrected chi connectivity index (χ4v) is 2.92. The van der Waals surface area contributed by atoms with Crippen LogP contribution in [0.25, 0.3) is 6.08 Å². The maximum Gasteiger partial charge on any atom is 0.286 e. The van der Waals surface area contributed by atoms with E-state index in [0.717, 1.165) is 11.1 Å². The molecule has 1 saturated heterocycles. The molecule has 1 aliphatic rings. The average molecular weight is 326 g/mol. The van der Waals surface area contributed by atoms with Crippen molar-refractivity contribution >= 4 is 46.5 Å². The Morgan fingerprint density at radius 3 is 2.45 bits per heavy atom. The van der Waals surface area contributed by atoms with Crippen molar-refractivity contribution in [2.45, 2.75) is 0 Å². The van der Waals surface area contributed by atoms with Crippen molar-refractivity contribution in [2.75, 3.05) is 0 Å². The third-order valence-corrected chi connectivity index (χ3v) is 4.05. The molecule has 1 fully saturated rings.